The van der Waals surface area contributed by atoms with Crippen LogP contribution >= 0.6 is 0 Å². The number of hydrogen-bond acceptors (Lipinski definition) is 4. The minimum Gasteiger partial charge on any atom is -0.342 e. The zero-order valence-electron chi connectivity index (χ0n) is 10.6. The third-order valence-electron chi connectivity index (χ3n) is 2.56. The Morgan fingerprint density at radius 3 is 2.88 bits per heavy atom. The number of hydrogen-bond donors (Lipinski definition) is 2. The second-order valence-corrected chi connectivity index (χ2v) is 4.45. The molecule has 3 N–H and O–H groups in total. The van der Waals surface area contributed by atoms with Crippen LogP contribution in [-0.4, -0.2) is 29.4 Å². The maximum Gasteiger partial charge on any atom is 0.257 e. The van der Waals surface area contributed by atoms with Gasteiger partial charge in [-0.05, 0) is 24.5 Å². The zero-order valence-corrected chi connectivity index (χ0v) is 10.6. The summed E-state index contributed by atoms with van der Waals surface area (Å²) < 4.78 is 0. The third kappa shape index (κ3) is 3.71. The van der Waals surface area contributed by atoms with Crippen LogP contribution in [0.2, 0.25) is 0 Å². The molecule has 0 aliphatic heterocycles. The SMILES string of the molecule is CC(C)CCN(C)C(=O)c1cccnc1NN. The molecule has 1 amide bonds. The molecule has 0 saturated carbocycles. The lowest BCUT2D eigenvalue weighted by Gasteiger charge is -2.19. The zero-order chi connectivity index (χ0) is 12.8. The Bertz CT molecular complexity index is 379. The predicted octanol–water partition coefficient (Wildman–Crippen LogP) is 1.49. The molecule has 0 spiro atoms. The van der Waals surface area contributed by atoms with Gasteiger partial charge in [0.05, 0.1) is 5.56 Å². The van der Waals surface area contributed by atoms with E-state index in [0.29, 0.717) is 17.3 Å². The molecule has 1 aromatic rings. The van der Waals surface area contributed by atoms with E-state index in [1.54, 1.807) is 30.3 Å². The summed E-state index contributed by atoms with van der Waals surface area (Å²) in [5.74, 6) is 6.25. The molecule has 0 aromatic carbocycles. The van der Waals surface area contributed by atoms with Crippen LogP contribution in [0.4, 0.5) is 5.82 Å². The van der Waals surface area contributed by atoms with E-state index in [1.807, 2.05) is 0 Å². The Labute approximate surface area is 102 Å². The first-order valence-corrected chi connectivity index (χ1v) is 5.73. The molecule has 5 heteroatoms. The van der Waals surface area contributed by atoms with E-state index in [2.05, 4.69) is 24.3 Å². The summed E-state index contributed by atoms with van der Waals surface area (Å²) in [6.45, 7) is 5.00. The molecule has 5 nitrogen and oxygen atoms in total. The molecule has 17 heavy (non-hydrogen) atoms. The summed E-state index contributed by atoms with van der Waals surface area (Å²) in [4.78, 5) is 17.8. The van der Waals surface area contributed by atoms with Gasteiger partial charge in [-0.2, -0.15) is 0 Å². The number of nitrogens with zero attached hydrogens (tertiary/aromatic N) is 2. The first-order valence-electron chi connectivity index (χ1n) is 5.73. The molecular formula is C12H20N4O. The summed E-state index contributed by atoms with van der Waals surface area (Å²) in [5, 5.41) is 0. The van der Waals surface area contributed by atoms with E-state index in [-0.39, 0.29) is 5.91 Å². The van der Waals surface area contributed by atoms with Gasteiger partial charge in [0, 0.05) is 19.8 Å². The molecule has 0 aliphatic rings. The maximum atomic E-state index is 12.1. The lowest BCUT2D eigenvalue weighted by molar-refractivity contribution is 0.0789. The van der Waals surface area contributed by atoms with E-state index in [1.165, 1.54) is 0 Å². The normalized spacial score (nSPS) is 10.4. The van der Waals surface area contributed by atoms with Crippen molar-refractivity contribution in [3.8, 4) is 0 Å². The van der Waals surface area contributed by atoms with Crippen molar-refractivity contribution in [2.45, 2.75) is 20.3 Å². The topological polar surface area (TPSA) is 71.2 Å². The van der Waals surface area contributed by atoms with Crippen molar-refractivity contribution < 1.29 is 4.79 Å². The molecule has 0 bridgehead atoms. The van der Waals surface area contributed by atoms with Gasteiger partial charge in [0.1, 0.15) is 0 Å². The highest BCUT2D eigenvalue weighted by atomic mass is 16.2. The van der Waals surface area contributed by atoms with Crippen molar-refractivity contribution in [3.63, 3.8) is 0 Å². The van der Waals surface area contributed by atoms with Gasteiger partial charge in [0.15, 0.2) is 5.82 Å². The molecule has 0 saturated heterocycles. The van der Waals surface area contributed by atoms with Gasteiger partial charge in [-0.3, -0.25) is 4.79 Å². The average molecular weight is 236 g/mol. The van der Waals surface area contributed by atoms with Crippen LogP contribution in [0.5, 0.6) is 0 Å². The number of aromatic nitrogens is 1. The number of nitrogens with two attached hydrogens (primary N) is 1. The number of nitrogen functional groups attached to an aromatic ring is 1. The van der Waals surface area contributed by atoms with Crippen molar-refractivity contribution in [3.05, 3.63) is 23.9 Å². The quantitative estimate of drug-likeness (QED) is 0.600. The number of amides is 1. The van der Waals surface area contributed by atoms with Crippen LogP contribution in [0, 0.1) is 5.92 Å². The fraction of sp³-hybridized carbons (Fsp3) is 0.500. The predicted molar refractivity (Wildman–Crippen MR) is 68.5 cm³/mol. The highest BCUT2D eigenvalue weighted by molar-refractivity contribution is 5.98. The number of anilines is 1. The van der Waals surface area contributed by atoms with Crippen LogP contribution in [0.25, 0.3) is 0 Å². The Morgan fingerprint density at radius 2 is 2.29 bits per heavy atom. The van der Waals surface area contributed by atoms with Gasteiger partial charge in [0.2, 0.25) is 0 Å². The van der Waals surface area contributed by atoms with Gasteiger partial charge in [-0.15, -0.1) is 0 Å². The summed E-state index contributed by atoms with van der Waals surface area (Å²) in [5.41, 5.74) is 2.94. The fourth-order valence-corrected chi connectivity index (χ4v) is 1.45. The highest BCUT2D eigenvalue weighted by Gasteiger charge is 2.15. The van der Waals surface area contributed by atoms with Crippen molar-refractivity contribution in [2.24, 2.45) is 11.8 Å². The van der Waals surface area contributed by atoms with Gasteiger partial charge in [-0.25, -0.2) is 10.8 Å². The summed E-state index contributed by atoms with van der Waals surface area (Å²) >= 11 is 0. The third-order valence-corrected chi connectivity index (χ3v) is 2.56. The van der Waals surface area contributed by atoms with Gasteiger partial charge >= 0.3 is 0 Å². The van der Waals surface area contributed by atoms with E-state index in [9.17, 15) is 4.79 Å². The average Bonchev–Trinajstić information content (AvgIpc) is 2.34. The monoisotopic (exact) mass is 236 g/mol. The molecule has 0 radical (unpaired) electrons. The number of hydrazine groups is 1. The van der Waals surface area contributed by atoms with Crippen LogP contribution in [0.1, 0.15) is 30.6 Å². The van der Waals surface area contributed by atoms with E-state index in [0.717, 1.165) is 13.0 Å². The number of pyridine rings is 1. The smallest absolute Gasteiger partial charge is 0.257 e. The van der Waals surface area contributed by atoms with Crippen LogP contribution in [0.3, 0.4) is 0 Å². The highest BCUT2D eigenvalue weighted by Crippen LogP contribution is 2.13. The van der Waals surface area contributed by atoms with E-state index >= 15 is 0 Å². The fourth-order valence-electron chi connectivity index (χ4n) is 1.45. The molecule has 0 fully saturated rings. The van der Waals surface area contributed by atoms with Gasteiger partial charge in [0.25, 0.3) is 5.91 Å². The molecule has 94 valence electrons. The Kier molecular flexibility index (Phi) is 4.90. The van der Waals surface area contributed by atoms with Crippen LogP contribution in [0.15, 0.2) is 18.3 Å². The first-order chi connectivity index (χ1) is 8.06. The maximum absolute atomic E-state index is 12.1. The van der Waals surface area contributed by atoms with Crippen LogP contribution < -0.4 is 11.3 Å². The first kappa shape index (κ1) is 13.4. The number of carbonyl (C=O) groups excluding carboxylic acids is 1. The second-order valence-electron chi connectivity index (χ2n) is 4.45. The van der Waals surface area contributed by atoms with Crippen molar-refractivity contribution in [1.29, 1.82) is 0 Å². The Hall–Kier alpha value is -1.62. The lowest BCUT2D eigenvalue weighted by atomic mass is 10.1. The van der Waals surface area contributed by atoms with Crippen molar-refractivity contribution in [1.82, 2.24) is 9.88 Å². The minimum absolute atomic E-state index is 0.0632. The Balaban J connectivity index is 2.74. The lowest BCUT2D eigenvalue weighted by Crippen LogP contribution is -2.29. The number of nitrogens with one attached hydrogen (secondary N) is 1. The van der Waals surface area contributed by atoms with E-state index < -0.39 is 0 Å². The standard InChI is InChI=1S/C12H20N4O/c1-9(2)6-8-16(3)12(17)10-5-4-7-14-11(10)15-13/h4-5,7,9H,6,8,13H2,1-3H3,(H,14,15). The van der Waals surface area contributed by atoms with E-state index in [4.69, 9.17) is 5.84 Å². The largest absolute Gasteiger partial charge is 0.342 e. The summed E-state index contributed by atoms with van der Waals surface area (Å²) in [7, 11) is 1.79. The molecule has 0 atom stereocenters. The second kappa shape index (κ2) is 6.20. The van der Waals surface area contributed by atoms with Crippen LogP contribution in [-0.2, 0) is 0 Å². The van der Waals surface area contributed by atoms with Crippen molar-refractivity contribution >= 4 is 11.7 Å². The van der Waals surface area contributed by atoms with Gasteiger partial charge < -0.3 is 10.3 Å². The minimum atomic E-state index is -0.0632. The number of carbonyl (C=O) groups is 1. The summed E-state index contributed by atoms with van der Waals surface area (Å²) in [6, 6.07) is 3.45. The number of rotatable bonds is 5. The van der Waals surface area contributed by atoms with Gasteiger partial charge in [-0.1, -0.05) is 13.8 Å². The molecule has 1 rings (SSSR count). The summed E-state index contributed by atoms with van der Waals surface area (Å²) in [6.07, 6.45) is 2.58. The molecular weight excluding hydrogens is 216 g/mol. The molecule has 1 aromatic heterocycles. The van der Waals surface area contributed by atoms with Crippen molar-refractivity contribution in [2.75, 3.05) is 19.0 Å². The molecule has 0 unspecified atom stereocenters. The molecule has 0 aliphatic carbocycles. The Morgan fingerprint density at radius 1 is 1.59 bits per heavy atom. The molecule has 1 heterocycles.